The van der Waals surface area contributed by atoms with Crippen molar-refractivity contribution in [3.05, 3.63) is 46.0 Å². The zero-order valence-corrected chi connectivity index (χ0v) is 12.6. The van der Waals surface area contributed by atoms with Gasteiger partial charge in [0, 0.05) is 0 Å². The molecule has 1 heterocycles. The van der Waals surface area contributed by atoms with E-state index in [2.05, 4.69) is 54.6 Å². The monoisotopic (exact) mass is 275 g/mol. The fourth-order valence-corrected chi connectivity index (χ4v) is 2.83. The van der Waals surface area contributed by atoms with Crippen molar-refractivity contribution in [2.24, 2.45) is 5.73 Å². The van der Waals surface area contributed by atoms with Crippen molar-refractivity contribution in [3.63, 3.8) is 0 Å². The summed E-state index contributed by atoms with van der Waals surface area (Å²) < 4.78 is 4.04. The lowest BCUT2D eigenvalue weighted by atomic mass is 9.98. The molecule has 1 atom stereocenters. The van der Waals surface area contributed by atoms with Crippen LogP contribution in [0.5, 0.6) is 0 Å². The van der Waals surface area contributed by atoms with Crippen LogP contribution in [0.3, 0.4) is 0 Å². The van der Waals surface area contributed by atoms with Crippen molar-refractivity contribution < 1.29 is 0 Å². The molecular formula is C15H21N3S. The molecular weight excluding hydrogens is 254 g/mol. The molecule has 102 valence electrons. The predicted molar refractivity (Wildman–Crippen MR) is 80.5 cm³/mol. The van der Waals surface area contributed by atoms with Crippen LogP contribution < -0.4 is 5.73 Å². The summed E-state index contributed by atoms with van der Waals surface area (Å²) in [5.41, 5.74) is 9.87. The van der Waals surface area contributed by atoms with Crippen molar-refractivity contribution in [1.29, 1.82) is 0 Å². The van der Waals surface area contributed by atoms with E-state index in [1.807, 2.05) is 0 Å². The van der Waals surface area contributed by atoms with Crippen LogP contribution in [-0.4, -0.2) is 9.59 Å². The summed E-state index contributed by atoms with van der Waals surface area (Å²) >= 11 is 1.42. The first-order valence-corrected chi connectivity index (χ1v) is 7.57. The van der Waals surface area contributed by atoms with E-state index in [0.29, 0.717) is 5.92 Å². The first-order valence-electron chi connectivity index (χ1n) is 6.80. The van der Waals surface area contributed by atoms with Gasteiger partial charge in [-0.15, -0.1) is 5.10 Å². The highest BCUT2D eigenvalue weighted by Crippen LogP contribution is 2.26. The van der Waals surface area contributed by atoms with Crippen LogP contribution in [-0.2, 0) is 6.42 Å². The van der Waals surface area contributed by atoms with Gasteiger partial charge >= 0.3 is 0 Å². The third kappa shape index (κ3) is 3.19. The van der Waals surface area contributed by atoms with Crippen LogP contribution in [0, 0.1) is 0 Å². The summed E-state index contributed by atoms with van der Waals surface area (Å²) in [6.45, 7) is 6.54. The lowest BCUT2D eigenvalue weighted by molar-refractivity contribution is 0.811. The molecule has 3 nitrogen and oxygen atoms in total. The summed E-state index contributed by atoms with van der Waals surface area (Å²) in [4.78, 5) is 1.10. The molecule has 0 bridgehead atoms. The Morgan fingerprint density at radius 1 is 1.16 bits per heavy atom. The lowest BCUT2D eigenvalue weighted by Crippen LogP contribution is -2.12. The average Bonchev–Trinajstić information content (AvgIpc) is 2.87. The number of nitrogens with two attached hydrogens (primary N) is 1. The molecule has 2 aromatic rings. The minimum absolute atomic E-state index is 0.109. The van der Waals surface area contributed by atoms with Crippen molar-refractivity contribution in [3.8, 4) is 0 Å². The number of aryl methyl sites for hydroxylation is 1. The number of rotatable bonds is 5. The summed E-state index contributed by atoms with van der Waals surface area (Å²) in [5, 5.41) is 4.19. The average molecular weight is 275 g/mol. The van der Waals surface area contributed by atoms with Gasteiger partial charge in [-0.1, -0.05) is 55.9 Å². The Kier molecular flexibility index (Phi) is 4.66. The SMILES string of the molecule is CCCc1nnsc1C(N)c1ccc(C(C)C)cc1. The van der Waals surface area contributed by atoms with Crippen molar-refractivity contribution in [2.45, 2.75) is 45.6 Å². The molecule has 0 aliphatic heterocycles. The molecule has 1 aromatic heterocycles. The van der Waals surface area contributed by atoms with Gasteiger partial charge in [0.05, 0.1) is 16.6 Å². The maximum absolute atomic E-state index is 6.35. The van der Waals surface area contributed by atoms with Gasteiger partial charge in [0.2, 0.25) is 0 Å². The standard InChI is InChI=1S/C15H21N3S/c1-4-5-13-15(19-18-17-13)14(16)12-8-6-11(7-9-12)10(2)3/h6-10,14H,4-5,16H2,1-3H3. The molecule has 4 heteroatoms. The first-order chi connectivity index (χ1) is 9.13. The van der Waals surface area contributed by atoms with Gasteiger partial charge in [-0.25, -0.2) is 0 Å². The third-order valence-electron chi connectivity index (χ3n) is 3.32. The normalized spacial score (nSPS) is 12.9. The summed E-state index contributed by atoms with van der Waals surface area (Å²) in [5.74, 6) is 0.547. The molecule has 2 N–H and O–H groups in total. The molecule has 19 heavy (non-hydrogen) atoms. The van der Waals surface area contributed by atoms with Crippen LogP contribution in [0.1, 0.15) is 60.8 Å². The van der Waals surface area contributed by atoms with Gasteiger partial charge in [0.25, 0.3) is 0 Å². The van der Waals surface area contributed by atoms with E-state index in [4.69, 9.17) is 5.73 Å². The highest BCUT2D eigenvalue weighted by molar-refractivity contribution is 7.05. The molecule has 0 radical (unpaired) electrons. The summed E-state index contributed by atoms with van der Waals surface area (Å²) in [6, 6.07) is 8.45. The minimum Gasteiger partial charge on any atom is -0.320 e. The van der Waals surface area contributed by atoms with E-state index >= 15 is 0 Å². The molecule has 0 aliphatic rings. The number of nitrogens with zero attached hydrogens (tertiary/aromatic N) is 2. The summed E-state index contributed by atoms with van der Waals surface area (Å²) in [6.07, 6.45) is 2.01. The highest BCUT2D eigenvalue weighted by atomic mass is 32.1. The quantitative estimate of drug-likeness (QED) is 0.906. The van der Waals surface area contributed by atoms with Crippen molar-refractivity contribution in [1.82, 2.24) is 9.59 Å². The highest BCUT2D eigenvalue weighted by Gasteiger charge is 2.17. The van der Waals surface area contributed by atoms with Crippen LogP contribution in [0.4, 0.5) is 0 Å². The zero-order valence-electron chi connectivity index (χ0n) is 11.8. The van der Waals surface area contributed by atoms with Crippen molar-refractivity contribution >= 4 is 11.5 Å². The van der Waals surface area contributed by atoms with Gasteiger partial charge in [0.15, 0.2) is 0 Å². The fourth-order valence-electron chi connectivity index (χ4n) is 2.10. The van der Waals surface area contributed by atoms with Gasteiger partial charge < -0.3 is 5.73 Å². The molecule has 0 aliphatic carbocycles. The largest absolute Gasteiger partial charge is 0.320 e. The molecule has 0 fully saturated rings. The Labute approximate surface area is 119 Å². The number of hydrogen-bond donors (Lipinski definition) is 1. The van der Waals surface area contributed by atoms with Crippen LogP contribution in [0.15, 0.2) is 24.3 Å². The fraction of sp³-hybridized carbons (Fsp3) is 0.467. The topological polar surface area (TPSA) is 51.8 Å². The van der Waals surface area contributed by atoms with E-state index in [1.54, 1.807) is 0 Å². The smallest absolute Gasteiger partial charge is 0.0807 e. The molecule has 0 spiro atoms. The van der Waals surface area contributed by atoms with Crippen LogP contribution in [0.25, 0.3) is 0 Å². The Morgan fingerprint density at radius 2 is 1.79 bits per heavy atom. The lowest BCUT2D eigenvalue weighted by Gasteiger charge is -2.13. The van der Waals surface area contributed by atoms with E-state index in [0.717, 1.165) is 29.0 Å². The molecule has 0 amide bonds. The summed E-state index contributed by atoms with van der Waals surface area (Å²) in [7, 11) is 0. The molecule has 1 aromatic carbocycles. The molecule has 2 rings (SSSR count). The van der Waals surface area contributed by atoms with E-state index in [9.17, 15) is 0 Å². The third-order valence-corrected chi connectivity index (χ3v) is 4.17. The Balaban J connectivity index is 2.23. The second-order valence-electron chi connectivity index (χ2n) is 5.13. The maximum atomic E-state index is 6.35. The molecule has 0 saturated heterocycles. The zero-order chi connectivity index (χ0) is 13.8. The van der Waals surface area contributed by atoms with E-state index in [-0.39, 0.29) is 6.04 Å². The van der Waals surface area contributed by atoms with Gasteiger partial charge in [-0.3, -0.25) is 0 Å². The molecule has 1 unspecified atom stereocenters. The van der Waals surface area contributed by atoms with Gasteiger partial charge in [-0.2, -0.15) is 0 Å². The minimum atomic E-state index is -0.109. The number of benzene rings is 1. The Morgan fingerprint density at radius 3 is 2.37 bits per heavy atom. The van der Waals surface area contributed by atoms with Crippen LogP contribution in [0.2, 0.25) is 0 Å². The van der Waals surface area contributed by atoms with Gasteiger partial charge in [0.1, 0.15) is 0 Å². The van der Waals surface area contributed by atoms with E-state index < -0.39 is 0 Å². The van der Waals surface area contributed by atoms with E-state index in [1.165, 1.54) is 17.1 Å². The number of hydrogen-bond acceptors (Lipinski definition) is 4. The first kappa shape index (κ1) is 14.2. The maximum Gasteiger partial charge on any atom is 0.0807 e. The Bertz CT molecular complexity index is 516. The van der Waals surface area contributed by atoms with Crippen molar-refractivity contribution in [2.75, 3.05) is 0 Å². The van der Waals surface area contributed by atoms with Crippen LogP contribution >= 0.6 is 11.5 Å². The number of aromatic nitrogens is 2. The Hall–Kier alpha value is -1.26. The second kappa shape index (κ2) is 6.26. The van der Waals surface area contributed by atoms with Gasteiger partial charge in [-0.05, 0) is 35.0 Å². The molecule has 0 saturated carbocycles. The second-order valence-corrected chi connectivity index (χ2v) is 5.92. The predicted octanol–water partition coefficient (Wildman–Crippen LogP) is 3.66.